The van der Waals surface area contributed by atoms with Crippen LogP contribution >= 0.6 is 11.3 Å². The molecule has 3 N–H and O–H groups in total. The molecular formula is C9H10N4OS. The van der Waals surface area contributed by atoms with Crippen LogP contribution in [0.4, 0.5) is 17.5 Å². The van der Waals surface area contributed by atoms with E-state index in [4.69, 9.17) is 10.5 Å². The topological polar surface area (TPSA) is 73.1 Å². The molecule has 15 heavy (non-hydrogen) atoms. The fourth-order valence-corrected chi connectivity index (χ4v) is 1.68. The van der Waals surface area contributed by atoms with Gasteiger partial charge in [0.15, 0.2) is 0 Å². The summed E-state index contributed by atoms with van der Waals surface area (Å²) in [5.74, 6) is 1.25. The van der Waals surface area contributed by atoms with Crippen LogP contribution in [0.1, 0.15) is 0 Å². The van der Waals surface area contributed by atoms with Crippen LogP contribution in [-0.4, -0.2) is 17.1 Å². The van der Waals surface area contributed by atoms with Crippen molar-refractivity contribution in [1.29, 1.82) is 0 Å². The van der Waals surface area contributed by atoms with E-state index >= 15 is 0 Å². The van der Waals surface area contributed by atoms with E-state index in [-0.39, 0.29) is 5.95 Å². The highest BCUT2D eigenvalue weighted by Gasteiger charge is 2.02. The first-order valence-electron chi connectivity index (χ1n) is 4.25. The SMILES string of the molecule is COc1cc(Nc2ccsc2)nc(N)n1. The van der Waals surface area contributed by atoms with Crippen molar-refractivity contribution in [2.24, 2.45) is 0 Å². The second kappa shape index (κ2) is 4.14. The van der Waals surface area contributed by atoms with Gasteiger partial charge in [0, 0.05) is 11.4 Å². The van der Waals surface area contributed by atoms with Gasteiger partial charge in [0.25, 0.3) is 0 Å². The van der Waals surface area contributed by atoms with Crippen molar-refractivity contribution in [2.45, 2.75) is 0 Å². The fourth-order valence-electron chi connectivity index (χ4n) is 1.09. The Bertz CT molecular complexity index is 443. The molecule has 0 aliphatic carbocycles. The minimum atomic E-state index is 0.187. The van der Waals surface area contributed by atoms with Crippen LogP contribution in [0.2, 0.25) is 0 Å². The molecule has 0 aromatic carbocycles. The normalized spacial score (nSPS) is 9.93. The Morgan fingerprint density at radius 1 is 1.47 bits per heavy atom. The molecule has 0 radical (unpaired) electrons. The van der Waals surface area contributed by atoms with E-state index in [0.717, 1.165) is 5.69 Å². The maximum absolute atomic E-state index is 5.52. The molecule has 2 aromatic rings. The molecule has 0 fully saturated rings. The van der Waals surface area contributed by atoms with Crippen molar-refractivity contribution in [3.8, 4) is 5.88 Å². The van der Waals surface area contributed by atoms with Gasteiger partial charge in [0.05, 0.1) is 12.8 Å². The van der Waals surface area contributed by atoms with E-state index in [2.05, 4.69) is 15.3 Å². The highest BCUT2D eigenvalue weighted by Crippen LogP contribution is 2.20. The van der Waals surface area contributed by atoms with E-state index in [1.165, 1.54) is 7.11 Å². The number of nitrogens with two attached hydrogens (primary N) is 1. The molecule has 0 atom stereocenters. The van der Waals surface area contributed by atoms with Crippen molar-refractivity contribution in [3.63, 3.8) is 0 Å². The van der Waals surface area contributed by atoms with Crippen LogP contribution < -0.4 is 15.8 Å². The van der Waals surface area contributed by atoms with E-state index in [0.29, 0.717) is 11.7 Å². The summed E-state index contributed by atoms with van der Waals surface area (Å²) in [7, 11) is 1.54. The zero-order valence-electron chi connectivity index (χ0n) is 8.10. The Hall–Kier alpha value is -1.82. The maximum atomic E-state index is 5.52. The predicted octanol–water partition coefficient (Wildman–Crippen LogP) is 1.87. The third-order valence-corrected chi connectivity index (χ3v) is 2.41. The van der Waals surface area contributed by atoms with E-state index in [9.17, 15) is 0 Å². The van der Waals surface area contributed by atoms with Crippen molar-refractivity contribution in [1.82, 2.24) is 9.97 Å². The second-order valence-corrected chi connectivity index (χ2v) is 3.57. The zero-order valence-corrected chi connectivity index (χ0v) is 8.91. The molecule has 0 amide bonds. The van der Waals surface area contributed by atoms with Gasteiger partial charge in [-0.05, 0) is 11.4 Å². The summed E-state index contributed by atoms with van der Waals surface area (Å²) >= 11 is 1.60. The quantitative estimate of drug-likeness (QED) is 0.829. The van der Waals surface area contributed by atoms with Gasteiger partial charge in [-0.1, -0.05) is 0 Å². The Labute approximate surface area is 90.9 Å². The van der Waals surface area contributed by atoms with E-state index < -0.39 is 0 Å². The van der Waals surface area contributed by atoms with Gasteiger partial charge in [0.1, 0.15) is 5.82 Å². The number of aromatic nitrogens is 2. The van der Waals surface area contributed by atoms with Crippen LogP contribution in [0.25, 0.3) is 0 Å². The van der Waals surface area contributed by atoms with Gasteiger partial charge in [-0.3, -0.25) is 0 Å². The average Bonchev–Trinajstić information content (AvgIpc) is 2.69. The molecule has 78 valence electrons. The van der Waals surface area contributed by atoms with E-state index in [1.54, 1.807) is 17.4 Å². The number of hydrogen-bond acceptors (Lipinski definition) is 6. The van der Waals surface area contributed by atoms with Gasteiger partial charge < -0.3 is 15.8 Å². The van der Waals surface area contributed by atoms with Crippen molar-refractivity contribution >= 4 is 28.8 Å². The lowest BCUT2D eigenvalue weighted by molar-refractivity contribution is 0.398. The lowest BCUT2D eigenvalue weighted by Gasteiger charge is -2.05. The van der Waals surface area contributed by atoms with Crippen molar-refractivity contribution in [2.75, 3.05) is 18.2 Å². The first-order valence-corrected chi connectivity index (χ1v) is 5.20. The number of nitrogen functional groups attached to an aromatic ring is 1. The Kier molecular flexibility index (Phi) is 2.68. The van der Waals surface area contributed by atoms with Crippen LogP contribution in [-0.2, 0) is 0 Å². The number of ether oxygens (including phenoxy) is 1. The third kappa shape index (κ3) is 2.35. The Balaban J connectivity index is 2.24. The summed E-state index contributed by atoms with van der Waals surface area (Å²) in [6.07, 6.45) is 0. The molecule has 2 heterocycles. The summed E-state index contributed by atoms with van der Waals surface area (Å²) in [5, 5.41) is 7.05. The van der Waals surface area contributed by atoms with Gasteiger partial charge in [-0.15, -0.1) is 0 Å². The number of nitrogens with zero attached hydrogens (tertiary/aromatic N) is 2. The summed E-state index contributed by atoms with van der Waals surface area (Å²) in [6.45, 7) is 0. The fraction of sp³-hybridized carbons (Fsp3) is 0.111. The molecule has 0 saturated heterocycles. The second-order valence-electron chi connectivity index (χ2n) is 2.79. The van der Waals surface area contributed by atoms with Crippen LogP contribution in [0.15, 0.2) is 22.9 Å². The van der Waals surface area contributed by atoms with Gasteiger partial charge in [-0.25, -0.2) is 0 Å². The smallest absolute Gasteiger partial charge is 0.225 e. The summed E-state index contributed by atoms with van der Waals surface area (Å²) < 4.78 is 4.99. The lowest BCUT2D eigenvalue weighted by atomic mass is 10.5. The predicted molar refractivity (Wildman–Crippen MR) is 60.6 cm³/mol. The Morgan fingerprint density at radius 2 is 2.33 bits per heavy atom. The number of hydrogen-bond donors (Lipinski definition) is 2. The standard InChI is InChI=1S/C9H10N4OS/c1-14-8-4-7(12-9(10)13-8)11-6-2-3-15-5-6/h2-5H,1H3,(H3,10,11,12,13). The van der Waals surface area contributed by atoms with E-state index in [1.807, 2.05) is 16.8 Å². The molecule has 0 aliphatic rings. The largest absolute Gasteiger partial charge is 0.481 e. The Morgan fingerprint density at radius 3 is 3.00 bits per heavy atom. The minimum Gasteiger partial charge on any atom is -0.481 e. The number of thiophene rings is 1. The molecule has 2 rings (SSSR count). The van der Waals surface area contributed by atoms with Crippen LogP contribution in [0.3, 0.4) is 0 Å². The number of rotatable bonds is 3. The van der Waals surface area contributed by atoms with Crippen LogP contribution in [0.5, 0.6) is 5.88 Å². The van der Waals surface area contributed by atoms with Gasteiger partial charge in [-0.2, -0.15) is 21.3 Å². The molecular weight excluding hydrogens is 212 g/mol. The van der Waals surface area contributed by atoms with Crippen molar-refractivity contribution < 1.29 is 4.74 Å². The number of nitrogens with one attached hydrogen (secondary N) is 1. The van der Waals surface area contributed by atoms with Gasteiger partial charge >= 0.3 is 0 Å². The average molecular weight is 222 g/mol. The summed E-state index contributed by atoms with van der Waals surface area (Å²) in [5.41, 5.74) is 6.50. The molecule has 0 saturated carbocycles. The van der Waals surface area contributed by atoms with Crippen LogP contribution in [0, 0.1) is 0 Å². The number of anilines is 3. The molecule has 2 aromatic heterocycles. The minimum absolute atomic E-state index is 0.187. The summed E-state index contributed by atoms with van der Waals surface area (Å²) in [6, 6.07) is 3.64. The zero-order chi connectivity index (χ0) is 10.7. The molecule has 0 spiro atoms. The van der Waals surface area contributed by atoms with Gasteiger partial charge in [0.2, 0.25) is 11.8 Å². The molecule has 5 nitrogen and oxygen atoms in total. The summed E-state index contributed by atoms with van der Waals surface area (Å²) in [4.78, 5) is 7.93. The number of methoxy groups -OCH3 is 1. The molecule has 0 aliphatic heterocycles. The monoisotopic (exact) mass is 222 g/mol. The first-order chi connectivity index (χ1) is 7.28. The third-order valence-electron chi connectivity index (χ3n) is 1.72. The maximum Gasteiger partial charge on any atom is 0.225 e. The lowest BCUT2D eigenvalue weighted by Crippen LogP contribution is -2.01. The first kappa shape index (κ1) is 9.72. The highest BCUT2D eigenvalue weighted by molar-refractivity contribution is 7.08. The van der Waals surface area contributed by atoms with Crippen molar-refractivity contribution in [3.05, 3.63) is 22.9 Å². The molecule has 0 bridgehead atoms. The molecule has 6 heteroatoms. The molecule has 0 unspecified atom stereocenters. The highest BCUT2D eigenvalue weighted by atomic mass is 32.1.